The van der Waals surface area contributed by atoms with Gasteiger partial charge < -0.3 is 5.32 Å². The summed E-state index contributed by atoms with van der Waals surface area (Å²) in [6, 6.07) is 15.6. The van der Waals surface area contributed by atoms with Crippen LogP contribution in [0.2, 0.25) is 0 Å². The number of benzene rings is 2. The fraction of sp³-hybridized carbons (Fsp3) is 0.176. The minimum atomic E-state index is -0.181. The molecule has 1 aromatic heterocycles. The van der Waals surface area contributed by atoms with Crippen LogP contribution in [0.25, 0.3) is 10.1 Å². The quantitative estimate of drug-likeness (QED) is 0.662. The Labute approximate surface area is 135 Å². The van der Waals surface area contributed by atoms with Crippen LogP contribution in [0.3, 0.4) is 0 Å². The Bertz CT molecular complexity index is 768. The Hall–Kier alpha value is -1.23. The first-order valence-electron chi connectivity index (χ1n) is 6.76. The van der Waals surface area contributed by atoms with Gasteiger partial charge >= 0.3 is 0 Å². The zero-order chi connectivity index (χ0) is 14.8. The van der Waals surface area contributed by atoms with Crippen molar-refractivity contribution >= 4 is 37.4 Å². The molecule has 0 aliphatic heterocycles. The molecule has 0 aliphatic carbocycles. The number of nitrogens with one attached hydrogen (secondary N) is 1. The van der Waals surface area contributed by atoms with E-state index in [-0.39, 0.29) is 11.9 Å². The Kier molecular flexibility index (Phi) is 4.38. The molecule has 0 radical (unpaired) electrons. The third-order valence-electron chi connectivity index (χ3n) is 3.52. The maximum atomic E-state index is 13.3. The average molecular weight is 364 g/mol. The van der Waals surface area contributed by atoms with Crippen molar-refractivity contribution in [3.8, 4) is 0 Å². The summed E-state index contributed by atoms with van der Waals surface area (Å²) in [6.07, 6.45) is 0.908. The molecule has 0 bridgehead atoms. The van der Waals surface area contributed by atoms with E-state index in [9.17, 15) is 4.39 Å². The first-order valence-corrected chi connectivity index (χ1v) is 8.37. The van der Waals surface area contributed by atoms with Gasteiger partial charge in [0.1, 0.15) is 5.82 Å². The van der Waals surface area contributed by atoms with Gasteiger partial charge in [0.2, 0.25) is 0 Å². The molecule has 1 N–H and O–H groups in total. The van der Waals surface area contributed by atoms with Gasteiger partial charge in [0, 0.05) is 20.1 Å². The van der Waals surface area contributed by atoms with Crippen LogP contribution in [-0.2, 0) is 6.42 Å². The largest absolute Gasteiger partial charge is 0.312 e. The fourth-order valence-corrected chi connectivity index (χ4v) is 4.05. The smallest absolute Gasteiger partial charge is 0.123 e. The van der Waals surface area contributed by atoms with E-state index in [4.69, 9.17) is 0 Å². The summed E-state index contributed by atoms with van der Waals surface area (Å²) in [5.74, 6) is -0.181. The van der Waals surface area contributed by atoms with Crippen LogP contribution in [0.15, 0.2) is 53.0 Å². The van der Waals surface area contributed by atoms with Gasteiger partial charge in [-0.2, -0.15) is 0 Å². The van der Waals surface area contributed by atoms with E-state index in [2.05, 4.69) is 39.4 Å². The van der Waals surface area contributed by atoms with Crippen molar-refractivity contribution in [2.75, 3.05) is 7.05 Å². The molecule has 0 spiro atoms. The second-order valence-corrected chi connectivity index (χ2v) is 7.04. The lowest BCUT2D eigenvalue weighted by atomic mass is 10.0. The Morgan fingerprint density at radius 2 is 2.05 bits per heavy atom. The highest BCUT2D eigenvalue weighted by atomic mass is 79.9. The van der Waals surface area contributed by atoms with Crippen molar-refractivity contribution in [2.24, 2.45) is 0 Å². The molecular weight excluding hydrogens is 349 g/mol. The summed E-state index contributed by atoms with van der Waals surface area (Å²) in [6.45, 7) is 0. The fourth-order valence-electron chi connectivity index (χ4n) is 2.45. The molecule has 21 heavy (non-hydrogen) atoms. The molecule has 0 fully saturated rings. The van der Waals surface area contributed by atoms with Crippen LogP contribution in [0.1, 0.15) is 16.5 Å². The third kappa shape index (κ3) is 3.34. The topological polar surface area (TPSA) is 12.0 Å². The summed E-state index contributed by atoms with van der Waals surface area (Å²) in [7, 11) is 1.97. The van der Waals surface area contributed by atoms with Gasteiger partial charge in [-0.05, 0) is 60.8 Å². The second kappa shape index (κ2) is 6.26. The lowest BCUT2D eigenvalue weighted by molar-refractivity contribution is 0.602. The molecule has 3 aromatic rings. The minimum Gasteiger partial charge on any atom is -0.312 e. The van der Waals surface area contributed by atoms with E-state index in [1.54, 1.807) is 17.4 Å². The average Bonchev–Trinajstić information content (AvgIpc) is 2.87. The maximum Gasteiger partial charge on any atom is 0.123 e. The number of hydrogen-bond acceptors (Lipinski definition) is 2. The normalized spacial score (nSPS) is 12.7. The van der Waals surface area contributed by atoms with Crippen molar-refractivity contribution in [2.45, 2.75) is 12.5 Å². The summed E-state index contributed by atoms with van der Waals surface area (Å²) >= 11 is 5.23. The van der Waals surface area contributed by atoms with Crippen molar-refractivity contribution in [3.05, 3.63) is 69.3 Å². The van der Waals surface area contributed by atoms with Crippen LogP contribution in [0, 0.1) is 5.82 Å². The summed E-state index contributed by atoms with van der Waals surface area (Å²) in [4.78, 5) is 1.23. The predicted molar refractivity (Wildman–Crippen MR) is 91.4 cm³/mol. The SMILES string of the molecule is CNC(Cc1cccc(Br)c1)c1cc2cc(F)ccc2s1. The molecule has 0 saturated carbocycles. The van der Waals surface area contributed by atoms with Gasteiger partial charge in [-0.1, -0.05) is 28.1 Å². The zero-order valence-electron chi connectivity index (χ0n) is 11.6. The van der Waals surface area contributed by atoms with Gasteiger partial charge in [0.25, 0.3) is 0 Å². The molecule has 1 unspecified atom stereocenters. The maximum absolute atomic E-state index is 13.3. The van der Waals surface area contributed by atoms with Crippen molar-refractivity contribution < 1.29 is 4.39 Å². The van der Waals surface area contributed by atoms with E-state index >= 15 is 0 Å². The third-order valence-corrected chi connectivity index (χ3v) is 5.24. The van der Waals surface area contributed by atoms with E-state index in [1.807, 2.05) is 25.2 Å². The number of halogens is 2. The van der Waals surface area contributed by atoms with Gasteiger partial charge in [0.05, 0.1) is 0 Å². The van der Waals surface area contributed by atoms with Crippen molar-refractivity contribution in [1.82, 2.24) is 5.32 Å². The van der Waals surface area contributed by atoms with Crippen LogP contribution < -0.4 is 5.32 Å². The van der Waals surface area contributed by atoms with Crippen molar-refractivity contribution in [3.63, 3.8) is 0 Å². The van der Waals surface area contributed by atoms with E-state index in [0.29, 0.717) is 0 Å². The Morgan fingerprint density at radius 3 is 2.81 bits per heavy atom. The van der Waals surface area contributed by atoms with Gasteiger partial charge in [-0.15, -0.1) is 11.3 Å². The number of rotatable bonds is 4. The lowest BCUT2D eigenvalue weighted by Gasteiger charge is -2.14. The highest BCUT2D eigenvalue weighted by Crippen LogP contribution is 2.32. The van der Waals surface area contributed by atoms with Crippen LogP contribution in [-0.4, -0.2) is 7.05 Å². The predicted octanol–water partition coefficient (Wildman–Crippen LogP) is 5.31. The molecule has 1 heterocycles. The van der Waals surface area contributed by atoms with Crippen LogP contribution in [0.5, 0.6) is 0 Å². The molecule has 2 aromatic carbocycles. The molecule has 0 amide bonds. The van der Waals surface area contributed by atoms with Gasteiger partial charge in [0.15, 0.2) is 0 Å². The van der Waals surface area contributed by atoms with E-state index in [1.165, 1.54) is 16.5 Å². The number of likely N-dealkylation sites (N-methyl/N-ethyl adjacent to an activating group) is 1. The van der Waals surface area contributed by atoms with Crippen LogP contribution >= 0.6 is 27.3 Å². The molecule has 108 valence electrons. The highest BCUT2D eigenvalue weighted by molar-refractivity contribution is 9.10. The van der Waals surface area contributed by atoms with Gasteiger partial charge in [-0.3, -0.25) is 0 Å². The Balaban J connectivity index is 1.90. The Morgan fingerprint density at radius 1 is 1.19 bits per heavy atom. The molecule has 0 aliphatic rings. The van der Waals surface area contributed by atoms with Crippen LogP contribution in [0.4, 0.5) is 4.39 Å². The molecule has 1 atom stereocenters. The number of fused-ring (bicyclic) bond motifs is 1. The summed E-state index contributed by atoms with van der Waals surface area (Å²) in [5, 5.41) is 4.34. The summed E-state index contributed by atoms with van der Waals surface area (Å²) < 4.78 is 15.5. The standard InChI is InChI=1S/C17H15BrFNS/c1-20-15(8-11-3-2-4-13(18)7-11)17-10-12-9-14(19)5-6-16(12)21-17/h2-7,9-10,15,20H,8H2,1H3. The molecular formula is C17H15BrFNS. The zero-order valence-corrected chi connectivity index (χ0v) is 14.0. The number of thiophene rings is 1. The highest BCUT2D eigenvalue weighted by Gasteiger charge is 2.14. The first kappa shape index (κ1) is 14.7. The first-order chi connectivity index (χ1) is 10.2. The van der Waals surface area contributed by atoms with E-state index in [0.717, 1.165) is 21.0 Å². The lowest BCUT2D eigenvalue weighted by Crippen LogP contribution is -2.17. The molecule has 4 heteroatoms. The molecule has 3 rings (SSSR count). The number of hydrogen-bond donors (Lipinski definition) is 1. The summed E-state index contributed by atoms with van der Waals surface area (Å²) in [5.41, 5.74) is 1.27. The van der Waals surface area contributed by atoms with Gasteiger partial charge in [-0.25, -0.2) is 4.39 Å². The second-order valence-electron chi connectivity index (χ2n) is 5.01. The molecule has 0 saturated heterocycles. The monoisotopic (exact) mass is 363 g/mol. The van der Waals surface area contributed by atoms with Crippen molar-refractivity contribution in [1.29, 1.82) is 0 Å². The molecule has 1 nitrogen and oxygen atoms in total. The van der Waals surface area contributed by atoms with E-state index < -0.39 is 0 Å². The minimum absolute atomic E-state index is 0.181.